The molecule has 0 aliphatic heterocycles. The summed E-state index contributed by atoms with van der Waals surface area (Å²) in [6.07, 6.45) is 2.09. The van der Waals surface area contributed by atoms with Crippen LogP contribution in [0, 0.1) is 11.6 Å². The molecule has 2 rings (SSSR count). The van der Waals surface area contributed by atoms with E-state index in [4.69, 9.17) is 0 Å². The van der Waals surface area contributed by atoms with Crippen molar-refractivity contribution in [1.82, 2.24) is 4.90 Å². The second-order valence-corrected chi connectivity index (χ2v) is 4.39. The number of rotatable bonds is 5. The Labute approximate surface area is 105 Å². The van der Waals surface area contributed by atoms with Crippen LogP contribution in [0.4, 0.5) is 14.5 Å². The molecule has 5 heteroatoms. The third-order valence-electron chi connectivity index (χ3n) is 3.01. The van der Waals surface area contributed by atoms with Crippen molar-refractivity contribution in [3.05, 3.63) is 29.8 Å². The summed E-state index contributed by atoms with van der Waals surface area (Å²) in [7, 11) is 0. The van der Waals surface area contributed by atoms with Crippen molar-refractivity contribution in [2.45, 2.75) is 25.8 Å². The summed E-state index contributed by atoms with van der Waals surface area (Å²) in [6.45, 7) is 2.62. The lowest BCUT2D eigenvalue weighted by Crippen LogP contribution is -2.37. The van der Waals surface area contributed by atoms with E-state index >= 15 is 0 Å². The molecule has 0 saturated heterocycles. The van der Waals surface area contributed by atoms with Crippen molar-refractivity contribution in [1.29, 1.82) is 0 Å². The van der Waals surface area contributed by atoms with Crippen LogP contribution in [-0.2, 0) is 4.79 Å². The first kappa shape index (κ1) is 12.8. The number of hydrogen-bond acceptors (Lipinski definition) is 2. The molecule has 1 amide bonds. The van der Waals surface area contributed by atoms with E-state index in [-0.39, 0.29) is 18.1 Å². The van der Waals surface area contributed by atoms with Crippen LogP contribution in [0.3, 0.4) is 0 Å². The van der Waals surface area contributed by atoms with Crippen LogP contribution in [0.25, 0.3) is 0 Å². The number of halogens is 2. The van der Waals surface area contributed by atoms with Gasteiger partial charge in [0.15, 0.2) is 0 Å². The average Bonchev–Trinajstić information content (AvgIpc) is 3.13. The highest BCUT2D eigenvalue weighted by Crippen LogP contribution is 2.26. The smallest absolute Gasteiger partial charge is 0.242 e. The summed E-state index contributed by atoms with van der Waals surface area (Å²) in [5.74, 6) is -1.36. The Morgan fingerprint density at radius 2 is 2.17 bits per heavy atom. The Hall–Kier alpha value is -1.65. The van der Waals surface area contributed by atoms with E-state index < -0.39 is 11.6 Å². The molecular weight excluding hydrogens is 238 g/mol. The number of nitrogens with zero attached hydrogens (tertiary/aromatic N) is 1. The Bertz CT molecular complexity index is 447. The van der Waals surface area contributed by atoms with Gasteiger partial charge >= 0.3 is 0 Å². The first-order chi connectivity index (χ1) is 8.61. The van der Waals surface area contributed by atoms with E-state index in [0.29, 0.717) is 12.6 Å². The molecule has 0 radical (unpaired) electrons. The van der Waals surface area contributed by atoms with Gasteiger partial charge in [-0.15, -0.1) is 0 Å². The van der Waals surface area contributed by atoms with Crippen molar-refractivity contribution >= 4 is 11.6 Å². The van der Waals surface area contributed by atoms with Gasteiger partial charge in [-0.3, -0.25) is 4.79 Å². The zero-order chi connectivity index (χ0) is 13.1. The third kappa shape index (κ3) is 2.97. The highest BCUT2D eigenvalue weighted by molar-refractivity contribution is 5.81. The maximum atomic E-state index is 13.3. The van der Waals surface area contributed by atoms with E-state index in [1.54, 1.807) is 4.90 Å². The number of amides is 1. The minimum Gasteiger partial charge on any atom is -0.374 e. The van der Waals surface area contributed by atoms with E-state index in [9.17, 15) is 13.6 Å². The fourth-order valence-electron chi connectivity index (χ4n) is 1.93. The molecule has 0 heterocycles. The van der Waals surface area contributed by atoms with Crippen LogP contribution in [0.15, 0.2) is 18.2 Å². The lowest BCUT2D eigenvalue weighted by atomic mass is 10.3. The molecule has 1 N–H and O–H groups in total. The van der Waals surface area contributed by atoms with E-state index in [1.807, 2.05) is 6.92 Å². The van der Waals surface area contributed by atoms with Crippen LogP contribution in [0.1, 0.15) is 19.8 Å². The number of hydrogen-bond donors (Lipinski definition) is 1. The standard InChI is InChI=1S/C13H16F2N2O/c1-2-17(10-4-5-10)13(18)8-16-12-6-3-9(14)7-11(12)15/h3,6-7,10,16H,2,4-5,8H2,1H3. The van der Waals surface area contributed by atoms with Crippen LogP contribution in [0.2, 0.25) is 0 Å². The molecule has 1 saturated carbocycles. The van der Waals surface area contributed by atoms with Crippen LogP contribution < -0.4 is 5.32 Å². The van der Waals surface area contributed by atoms with Gasteiger partial charge in [-0.1, -0.05) is 0 Å². The number of benzene rings is 1. The first-order valence-corrected chi connectivity index (χ1v) is 6.10. The summed E-state index contributed by atoms with van der Waals surface area (Å²) in [6, 6.07) is 3.60. The van der Waals surface area contributed by atoms with Gasteiger partial charge < -0.3 is 10.2 Å². The van der Waals surface area contributed by atoms with Crippen molar-refractivity contribution in [3.8, 4) is 0 Å². The molecule has 18 heavy (non-hydrogen) atoms. The van der Waals surface area contributed by atoms with Crippen molar-refractivity contribution in [2.24, 2.45) is 0 Å². The molecule has 1 aliphatic carbocycles. The van der Waals surface area contributed by atoms with Gasteiger partial charge in [0, 0.05) is 18.7 Å². The minimum atomic E-state index is -0.683. The molecule has 98 valence electrons. The Balaban J connectivity index is 1.92. The zero-order valence-electron chi connectivity index (χ0n) is 10.2. The highest BCUT2D eigenvalue weighted by Gasteiger charge is 2.30. The quantitative estimate of drug-likeness (QED) is 0.875. The molecule has 1 aromatic carbocycles. The summed E-state index contributed by atoms with van der Waals surface area (Å²) >= 11 is 0. The summed E-state index contributed by atoms with van der Waals surface area (Å²) in [4.78, 5) is 13.7. The summed E-state index contributed by atoms with van der Waals surface area (Å²) in [5, 5.41) is 2.70. The van der Waals surface area contributed by atoms with Gasteiger partial charge in [0.1, 0.15) is 11.6 Å². The topological polar surface area (TPSA) is 32.3 Å². The van der Waals surface area contributed by atoms with Crippen LogP contribution in [-0.4, -0.2) is 29.9 Å². The molecule has 0 bridgehead atoms. The normalized spacial score (nSPS) is 14.4. The lowest BCUT2D eigenvalue weighted by molar-refractivity contribution is -0.129. The van der Waals surface area contributed by atoms with Gasteiger partial charge in [0.25, 0.3) is 0 Å². The average molecular weight is 254 g/mol. The van der Waals surface area contributed by atoms with Gasteiger partial charge in [-0.2, -0.15) is 0 Å². The Kier molecular flexibility index (Phi) is 3.79. The van der Waals surface area contributed by atoms with Gasteiger partial charge in [-0.25, -0.2) is 8.78 Å². The molecule has 3 nitrogen and oxygen atoms in total. The van der Waals surface area contributed by atoms with Crippen LogP contribution >= 0.6 is 0 Å². The monoisotopic (exact) mass is 254 g/mol. The molecule has 0 atom stereocenters. The van der Waals surface area contributed by atoms with E-state index in [0.717, 1.165) is 25.0 Å². The SMILES string of the molecule is CCN(C(=O)CNc1ccc(F)cc1F)C1CC1. The van der Waals surface area contributed by atoms with Crippen LogP contribution in [0.5, 0.6) is 0 Å². The predicted octanol–water partition coefficient (Wildman–Crippen LogP) is 2.39. The van der Waals surface area contributed by atoms with E-state index in [2.05, 4.69) is 5.32 Å². The van der Waals surface area contributed by atoms with Crippen molar-refractivity contribution in [2.75, 3.05) is 18.4 Å². The van der Waals surface area contributed by atoms with Crippen molar-refractivity contribution in [3.63, 3.8) is 0 Å². The van der Waals surface area contributed by atoms with Gasteiger partial charge in [0.05, 0.1) is 12.2 Å². The van der Waals surface area contributed by atoms with Crippen molar-refractivity contribution < 1.29 is 13.6 Å². The molecule has 1 aliphatic rings. The Morgan fingerprint density at radius 1 is 1.44 bits per heavy atom. The highest BCUT2D eigenvalue weighted by atomic mass is 19.1. The molecule has 1 aromatic rings. The Morgan fingerprint density at radius 3 is 2.72 bits per heavy atom. The maximum Gasteiger partial charge on any atom is 0.242 e. The second kappa shape index (κ2) is 5.33. The summed E-state index contributed by atoms with van der Waals surface area (Å²) in [5.41, 5.74) is 0.150. The number of carbonyl (C=O) groups is 1. The van der Waals surface area contributed by atoms with E-state index in [1.165, 1.54) is 6.07 Å². The fraction of sp³-hybridized carbons (Fsp3) is 0.462. The molecule has 1 fully saturated rings. The molecule has 0 unspecified atom stereocenters. The second-order valence-electron chi connectivity index (χ2n) is 4.39. The molecule has 0 spiro atoms. The van der Waals surface area contributed by atoms with Gasteiger partial charge in [-0.05, 0) is 31.9 Å². The largest absolute Gasteiger partial charge is 0.374 e. The number of nitrogens with one attached hydrogen (secondary N) is 1. The zero-order valence-corrected chi connectivity index (χ0v) is 10.2. The fourth-order valence-corrected chi connectivity index (χ4v) is 1.93. The predicted molar refractivity (Wildman–Crippen MR) is 65.3 cm³/mol. The number of likely N-dealkylation sites (N-methyl/N-ethyl adjacent to an activating group) is 1. The number of carbonyl (C=O) groups excluding carboxylic acids is 1. The third-order valence-corrected chi connectivity index (χ3v) is 3.01. The molecular formula is C13H16F2N2O. The summed E-state index contributed by atoms with van der Waals surface area (Å²) < 4.78 is 26.0. The number of anilines is 1. The van der Waals surface area contributed by atoms with Gasteiger partial charge in [0.2, 0.25) is 5.91 Å². The molecule has 0 aromatic heterocycles. The lowest BCUT2D eigenvalue weighted by Gasteiger charge is -2.20. The minimum absolute atomic E-state index is 0.0346. The first-order valence-electron chi connectivity index (χ1n) is 6.10. The maximum absolute atomic E-state index is 13.3.